The molecule has 8 nitrogen and oxygen atoms in total. The Hall–Kier alpha value is -3.42. The zero-order chi connectivity index (χ0) is 18.6. The maximum atomic E-state index is 12.6. The lowest BCUT2D eigenvalue weighted by atomic mass is 10.2. The summed E-state index contributed by atoms with van der Waals surface area (Å²) in [5.41, 5.74) is 0.858. The molecule has 0 unspecified atom stereocenters. The SMILES string of the molecule is O=C(Cn1nc(-n2cccn2)ccc1=O)N1CCN(c2ccccc2)CC1. The van der Waals surface area contributed by atoms with Gasteiger partial charge in [0.1, 0.15) is 6.54 Å². The first-order valence-electron chi connectivity index (χ1n) is 8.87. The van der Waals surface area contributed by atoms with Crippen molar-refractivity contribution in [3.63, 3.8) is 0 Å². The van der Waals surface area contributed by atoms with E-state index >= 15 is 0 Å². The number of rotatable bonds is 4. The van der Waals surface area contributed by atoms with Gasteiger partial charge in [-0.3, -0.25) is 9.59 Å². The molecule has 3 aromatic rings. The van der Waals surface area contributed by atoms with E-state index in [1.165, 1.54) is 10.7 Å². The summed E-state index contributed by atoms with van der Waals surface area (Å²) >= 11 is 0. The van der Waals surface area contributed by atoms with Crippen molar-refractivity contribution in [1.29, 1.82) is 0 Å². The van der Waals surface area contributed by atoms with E-state index in [1.54, 1.807) is 34.1 Å². The van der Waals surface area contributed by atoms with Gasteiger partial charge in [0.15, 0.2) is 5.82 Å². The van der Waals surface area contributed by atoms with E-state index in [1.807, 2.05) is 18.2 Å². The number of anilines is 1. The highest BCUT2D eigenvalue weighted by Gasteiger charge is 2.22. The molecule has 1 fully saturated rings. The minimum atomic E-state index is -0.304. The van der Waals surface area contributed by atoms with Crippen LogP contribution in [0.1, 0.15) is 0 Å². The number of hydrogen-bond acceptors (Lipinski definition) is 5. The number of carbonyl (C=O) groups is 1. The van der Waals surface area contributed by atoms with Crippen molar-refractivity contribution in [2.24, 2.45) is 0 Å². The molecule has 0 aliphatic carbocycles. The molecule has 0 atom stereocenters. The fourth-order valence-electron chi connectivity index (χ4n) is 3.16. The van der Waals surface area contributed by atoms with E-state index in [4.69, 9.17) is 0 Å². The average molecular weight is 364 g/mol. The Kier molecular flexibility index (Phi) is 4.69. The van der Waals surface area contributed by atoms with Gasteiger partial charge in [0.05, 0.1) is 0 Å². The van der Waals surface area contributed by atoms with Gasteiger partial charge in [0.2, 0.25) is 5.91 Å². The molecule has 3 heterocycles. The Balaban J connectivity index is 1.41. The van der Waals surface area contributed by atoms with Gasteiger partial charge in [0, 0.05) is 50.3 Å². The van der Waals surface area contributed by atoms with Crippen LogP contribution < -0.4 is 10.5 Å². The molecule has 0 saturated carbocycles. The minimum Gasteiger partial charge on any atom is -0.368 e. The summed E-state index contributed by atoms with van der Waals surface area (Å²) in [6.45, 7) is 2.72. The Morgan fingerprint density at radius 3 is 2.44 bits per heavy atom. The van der Waals surface area contributed by atoms with Crippen molar-refractivity contribution < 1.29 is 4.79 Å². The van der Waals surface area contributed by atoms with Crippen LogP contribution in [0.3, 0.4) is 0 Å². The van der Waals surface area contributed by atoms with E-state index in [0.717, 1.165) is 18.8 Å². The largest absolute Gasteiger partial charge is 0.368 e. The minimum absolute atomic E-state index is 0.0702. The van der Waals surface area contributed by atoms with Crippen LogP contribution in [0.25, 0.3) is 5.82 Å². The molecule has 0 radical (unpaired) electrons. The molecule has 0 spiro atoms. The quantitative estimate of drug-likeness (QED) is 0.684. The molecule has 0 bridgehead atoms. The number of aromatic nitrogens is 4. The van der Waals surface area contributed by atoms with Crippen molar-refractivity contribution >= 4 is 11.6 Å². The molecule has 1 amide bonds. The molecule has 8 heteroatoms. The zero-order valence-electron chi connectivity index (χ0n) is 14.8. The summed E-state index contributed by atoms with van der Waals surface area (Å²) in [6, 6.07) is 14.9. The van der Waals surface area contributed by atoms with Gasteiger partial charge in [-0.2, -0.15) is 5.10 Å². The van der Waals surface area contributed by atoms with Gasteiger partial charge in [0.25, 0.3) is 5.56 Å². The highest BCUT2D eigenvalue weighted by molar-refractivity contribution is 5.76. The molecular formula is C19H20N6O2. The number of amides is 1. The van der Waals surface area contributed by atoms with Crippen molar-refractivity contribution in [2.45, 2.75) is 6.54 Å². The first-order chi connectivity index (χ1) is 13.2. The number of benzene rings is 1. The molecule has 27 heavy (non-hydrogen) atoms. The normalized spacial score (nSPS) is 14.4. The molecule has 1 aliphatic rings. The second-order valence-corrected chi connectivity index (χ2v) is 6.34. The third-order valence-corrected chi connectivity index (χ3v) is 4.63. The van der Waals surface area contributed by atoms with Gasteiger partial charge in [-0.1, -0.05) is 18.2 Å². The van der Waals surface area contributed by atoms with Crippen LogP contribution in [-0.2, 0) is 11.3 Å². The summed E-state index contributed by atoms with van der Waals surface area (Å²) in [5, 5.41) is 8.36. The van der Waals surface area contributed by atoms with E-state index in [2.05, 4.69) is 27.2 Å². The van der Waals surface area contributed by atoms with Crippen LogP contribution in [0.5, 0.6) is 0 Å². The van der Waals surface area contributed by atoms with Gasteiger partial charge in [-0.15, -0.1) is 5.10 Å². The monoisotopic (exact) mass is 364 g/mol. The summed E-state index contributed by atoms with van der Waals surface area (Å²) in [5.74, 6) is 0.399. The summed E-state index contributed by atoms with van der Waals surface area (Å²) in [4.78, 5) is 28.8. The van der Waals surface area contributed by atoms with Crippen LogP contribution in [-0.4, -0.2) is 56.5 Å². The van der Waals surface area contributed by atoms with Crippen molar-refractivity contribution in [1.82, 2.24) is 24.5 Å². The van der Waals surface area contributed by atoms with Crippen LogP contribution in [0.2, 0.25) is 0 Å². The van der Waals surface area contributed by atoms with Crippen molar-refractivity contribution in [3.05, 3.63) is 71.3 Å². The van der Waals surface area contributed by atoms with Crippen LogP contribution >= 0.6 is 0 Å². The van der Waals surface area contributed by atoms with Crippen molar-refractivity contribution in [2.75, 3.05) is 31.1 Å². The third-order valence-electron chi connectivity index (χ3n) is 4.63. The number of para-hydroxylation sites is 1. The molecule has 1 aliphatic heterocycles. The molecular weight excluding hydrogens is 344 g/mol. The smallest absolute Gasteiger partial charge is 0.267 e. The summed E-state index contributed by atoms with van der Waals surface area (Å²) < 4.78 is 2.75. The van der Waals surface area contributed by atoms with E-state index in [9.17, 15) is 9.59 Å². The Morgan fingerprint density at radius 1 is 0.963 bits per heavy atom. The van der Waals surface area contributed by atoms with Gasteiger partial charge in [-0.25, -0.2) is 9.36 Å². The lowest BCUT2D eigenvalue weighted by Gasteiger charge is -2.36. The maximum absolute atomic E-state index is 12.6. The third kappa shape index (κ3) is 3.74. The fraction of sp³-hybridized carbons (Fsp3) is 0.263. The Morgan fingerprint density at radius 2 is 1.74 bits per heavy atom. The number of carbonyl (C=O) groups excluding carboxylic acids is 1. The Labute approximate surface area is 156 Å². The summed E-state index contributed by atoms with van der Waals surface area (Å²) in [6.07, 6.45) is 3.37. The van der Waals surface area contributed by atoms with E-state index < -0.39 is 0 Å². The number of hydrogen-bond donors (Lipinski definition) is 0. The fourth-order valence-corrected chi connectivity index (χ4v) is 3.16. The van der Waals surface area contributed by atoms with E-state index in [-0.39, 0.29) is 18.0 Å². The number of piperazine rings is 1. The van der Waals surface area contributed by atoms with E-state index in [0.29, 0.717) is 18.9 Å². The lowest BCUT2D eigenvalue weighted by molar-refractivity contribution is -0.132. The van der Waals surface area contributed by atoms with Crippen LogP contribution in [0, 0.1) is 0 Å². The maximum Gasteiger partial charge on any atom is 0.267 e. The molecule has 4 rings (SSSR count). The van der Waals surface area contributed by atoms with Crippen LogP contribution in [0.4, 0.5) is 5.69 Å². The topological polar surface area (TPSA) is 76.3 Å². The van der Waals surface area contributed by atoms with Gasteiger partial charge in [-0.05, 0) is 24.3 Å². The average Bonchev–Trinajstić information content (AvgIpc) is 3.25. The highest BCUT2D eigenvalue weighted by Crippen LogP contribution is 2.15. The molecule has 2 aromatic heterocycles. The molecule has 1 aromatic carbocycles. The predicted molar refractivity (Wildman–Crippen MR) is 101 cm³/mol. The Bertz CT molecular complexity index is 959. The van der Waals surface area contributed by atoms with Crippen molar-refractivity contribution in [3.8, 4) is 5.82 Å². The second-order valence-electron chi connectivity index (χ2n) is 6.34. The second kappa shape index (κ2) is 7.45. The number of nitrogens with zero attached hydrogens (tertiary/aromatic N) is 6. The zero-order valence-corrected chi connectivity index (χ0v) is 14.8. The first kappa shape index (κ1) is 17.0. The standard InChI is InChI=1S/C19H20N6O2/c26-18-8-7-17(24-10-4-9-20-24)21-25(18)15-19(27)23-13-11-22(12-14-23)16-5-2-1-3-6-16/h1-10H,11-15H2. The first-order valence-corrected chi connectivity index (χ1v) is 8.87. The lowest BCUT2D eigenvalue weighted by Crippen LogP contribution is -2.50. The molecule has 0 N–H and O–H groups in total. The molecule has 138 valence electrons. The highest BCUT2D eigenvalue weighted by atomic mass is 16.2. The van der Waals surface area contributed by atoms with Crippen LogP contribution in [0.15, 0.2) is 65.7 Å². The van der Waals surface area contributed by atoms with Gasteiger partial charge >= 0.3 is 0 Å². The predicted octanol–water partition coefficient (Wildman–Crippen LogP) is 0.778. The van der Waals surface area contributed by atoms with Gasteiger partial charge < -0.3 is 9.80 Å². The summed E-state index contributed by atoms with van der Waals surface area (Å²) in [7, 11) is 0. The molecule has 1 saturated heterocycles.